The number of hydrogen-bond acceptors (Lipinski definition) is 3. The summed E-state index contributed by atoms with van der Waals surface area (Å²) in [4.78, 5) is 16.0. The maximum absolute atomic E-state index is 11.9. The summed E-state index contributed by atoms with van der Waals surface area (Å²) in [7, 11) is 0. The van der Waals surface area contributed by atoms with Crippen LogP contribution < -0.4 is 5.56 Å². The zero-order valence-electron chi connectivity index (χ0n) is 8.15. The van der Waals surface area contributed by atoms with Gasteiger partial charge in [0.05, 0.1) is 24.1 Å². The number of hydrogen-bond donors (Lipinski definition) is 1. The predicted molar refractivity (Wildman–Crippen MR) is 63.1 cm³/mol. The van der Waals surface area contributed by atoms with Crippen LogP contribution in [0.5, 0.6) is 0 Å². The lowest BCUT2D eigenvalue weighted by molar-refractivity contribution is 0.274. The smallest absolute Gasteiger partial charge is 0.262 e. The number of aromatic nitrogens is 2. The molecule has 0 bridgehead atoms. The molecule has 0 saturated carbocycles. The summed E-state index contributed by atoms with van der Waals surface area (Å²) in [5, 5.41) is 9.80. The molecule has 1 heterocycles. The largest absolute Gasteiger partial charge is 0.395 e. The van der Waals surface area contributed by atoms with Gasteiger partial charge in [-0.25, -0.2) is 4.98 Å². The van der Waals surface area contributed by atoms with Crippen molar-refractivity contribution in [1.29, 1.82) is 0 Å². The highest BCUT2D eigenvalue weighted by Gasteiger charge is 2.08. The van der Waals surface area contributed by atoms with Crippen LogP contribution in [0.25, 0.3) is 10.9 Å². The van der Waals surface area contributed by atoms with Crippen molar-refractivity contribution in [2.75, 3.05) is 6.61 Å². The molecule has 4 nitrogen and oxygen atoms in total. The van der Waals surface area contributed by atoms with Crippen molar-refractivity contribution in [2.45, 2.75) is 6.54 Å². The van der Waals surface area contributed by atoms with Gasteiger partial charge in [0.25, 0.3) is 5.56 Å². The van der Waals surface area contributed by atoms with E-state index >= 15 is 0 Å². The summed E-state index contributed by atoms with van der Waals surface area (Å²) in [5.74, 6) is 0. The number of benzene rings is 1. The molecule has 1 aromatic heterocycles. The number of aliphatic hydroxyl groups excluding tert-OH is 1. The second-order valence-corrected chi connectivity index (χ2v) is 4.00. The van der Waals surface area contributed by atoms with Crippen molar-refractivity contribution in [3.05, 3.63) is 38.9 Å². The minimum Gasteiger partial charge on any atom is -0.395 e. The highest BCUT2D eigenvalue weighted by Crippen LogP contribution is 2.16. The molecule has 0 spiro atoms. The lowest BCUT2D eigenvalue weighted by Crippen LogP contribution is -2.23. The number of aliphatic hydroxyl groups is 1. The molecule has 0 aliphatic rings. The third kappa shape index (κ3) is 1.91. The lowest BCUT2D eigenvalue weighted by Gasteiger charge is -2.07. The molecule has 0 aliphatic heterocycles. The highest BCUT2D eigenvalue weighted by atomic mass is 35.5. The van der Waals surface area contributed by atoms with Crippen LogP contribution in [0.15, 0.2) is 23.0 Å². The van der Waals surface area contributed by atoms with Gasteiger partial charge in [-0.05, 0) is 29.8 Å². The monoisotopic (exact) mass is 258 g/mol. The average molecular weight is 259 g/mol. The first-order valence-electron chi connectivity index (χ1n) is 4.60. The third-order valence-corrected chi connectivity index (χ3v) is 2.72. The molecule has 0 aliphatic carbocycles. The first-order valence-corrected chi connectivity index (χ1v) is 5.35. The van der Waals surface area contributed by atoms with Gasteiger partial charge >= 0.3 is 0 Å². The van der Waals surface area contributed by atoms with Crippen LogP contribution in [-0.4, -0.2) is 21.3 Å². The Labute approximate surface area is 101 Å². The standard InChI is InChI=1S/C10H8Cl2N2O2/c11-6-1-2-7-8(5-6)13-10(12)14(3-4-15)9(7)16/h1-2,5,15H,3-4H2. The maximum Gasteiger partial charge on any atom is 0.262 e. The van der Waals surface area contributed by atoms with E-state index in [0.717, 1.165) is 0 Å². The number of halogens is 2. The van der Waals surface area contributed by atoms with E-state index in [1.54, 1.807) is 18.2 Å². The minimum atomic E-state index is -0.277. The molecule has 1 N–H and O–H groups in total. The maximum atomic E-state index is 11.9. The van der Waals surface area contributed by atoms with Crippen LogP contribution >= 0.6 is 23.2 Å². The van der Waals surface area contributed by atoms with E-state index in [9.17, 15) is 4.79 Å². The fourth-order valence-corrected chi connectivity index (χ4v) is 1.88. The van der Waals surface area contributed by atoms with Crippen LogP contribution in [0.4, 0.5) is 0 Å². The van der Waals surface area contributed by atoms with Gasteiger partial charge in [0.2, 0.25) is 5.28 Å². The van der Waals surface area contributed by atoms with Gasteiger partial charge in [-0.15, -0.1) is 0 Å². The molecule has 0 saturated heterocycles. The van der Waals surface area contributed by atoms with Crippen molar-refractivity contribution in [1.82, 2.24) is 9.55 Å². The fourth-order valence-electron chi connectivity index (χ4n) is 1.46. The van der Waals surface area contributed by atoms with Crippen molar-refractivity contribution in [3.8, 4) is 0 Å². The minimum absolute atomic E-state index is 0.0498. The molecule has 0 amide bonds. The van der Waals surface area contributed by atoms with Crippen LogP contribution in [0.1, 0.15) is 0 Å². The van der Waals surface area contributed by atoms with Gasteiger partial charge in [-0.1, -0.05) is 11.6 Å². The van der Waals surface area contributed by atoms with Gasteiger partial charge < -0.3 is 5.11 Å². The van der Waals surface area contributed by atoms with E-state index in [2.05, 4.69) is 4.98 Å². The van der Waals surface area contributed by atoms with Crippen LogP contribution in [-0.2, 0) is 6.54 Å². The first kappa shape index (κ1) is 11.4. The second kappa shape index (κ2) is 4.41. The Balaban J connectivity index is 2.78. The molecule has 0 radical (unpaired) electrons. The Bertz CT molecular complexity index is 595. The topological polar surface area (TPSA) is 55.1 Å². The Hall–Kier alpha value is -1.10. The van der Waals surface area contributed by atoms with Crippen LogP contribution in [0, 0.1) is 0 Å². The molecule has 84 valence electrons. The molecule has 0 unspecified atom stereocenters. The van der Waals surface area contributed by atoms with Crippen molar-refractivity contribution in [3.63, 3.8) is 0 Å². The highest BCUT2D eigenvalue weighted by molar-refractivity contribution is 6.31. The number of nitrogens with zero attached hydrogens (tertiary/aromatic N) is 2. The van der Waals surface area contributed by atoms with E-state index in [-0.39, 0.29) is 24.0 Å². The zero-order valence-corrected chi connectivity index (χ0v) is 9.66. The molecule has 2 aromatic rings. The van der Waals surface area contributed by atoms with Gasteiger partial charge in [-0.2, -0.15) is 0 Å². The summed E-state index contributed by atoms with van der Waals surface area (Å²) < 4.78 is 1.22. The van der Waals surface area contributed by atoms with Crippen molar-refractivity contribution < 1.29 is 5.11 Å². The zero-order chi connectivity index (χ0) is 11.7. The fraction of sp³-hybridized carbons (Fsp3) is 0.200. The van der Waals surface area contributed by atoms with Gasteiger partial charge in [0.15, 0.2) is 0 Å². The summed E-state index contributed by atoms with van der Waals surface area (Å²) in [5.41, 5.74) is 0.178. The Morgan fingerprint density at radius 1 is 1.38 bits per heavy atom. The third-order valence-electron chi connectivity index (χ3n) is 2.19. The number of fused-ring (bicyclic) bond motifs is 1. The molecule has 0 fully saturated rings. The molecule has 6 heteroatoms. The second-order valence-electron chi connectivity index (χ2n) is 3.22. The van der Waals surface area contributed by atoms with E-state index in [1.165, 1.54) is 4.57 Å². The summed E-state index contributed by atoms with van der Waals surface area (Å²) in [6, 6.07) is 4.79. The van der Waals surface area contributed by atoms with Crippen molar-refractivity contribution in [2.24, 2.45) is 0 Å². The molecular formula is C10H8Cl2N2O2. The van der Waals surface area contributed by atoms with Crippen LogP contribution in [0.2, 0.25) is 10.3 Å². The summed E-state index contributed by atoms with van der Waals surface area (Å²) >= 11 is 11.6. The van der Waals surface area contributed by atoms with Gasteiger partial charge in [0, 0.05) is 5.02 Å². The van der Waals surface area contributed by atoms with Crippen molar-refractivity contribution >= 4 is 34.1 Å². The molecule has 16 heavy (non-hydrogen) atoms. The summed E-state index contributed by atoms with van der Waals surface area (Å²) in [6.45, 7) is -0.0381. The average Bonchev–Trinajstić information content (AvgIpc) is 2.23. The van der Waals surface area contributed by atoms with E-state index < -0.39 is 0 Å². The van der Waals surface area contributed by atoms with E-state index in [0.29, 0.717) is 15.9 Å². The van der Waals surface area contributed by atoms with E-state index in [1.807, 2.05) is 0 Å². The molecular weight excluding hydrogens is 251 g/mol. The lowest BCUT2D eigenvalue weighted by atomic mass is 10.2. The van der Waals surface area contributed by atoms with E-state index in [4.69, 9.17) is 28.3 Å². The quantitative estimate of drug-likeness (QED) is 0.835. The van der Waals surface area contributed by atoms with Crippen LogP contribution in [0.3, 0.4) is 0 Å². The Morgan fingerprint density at radius 3 is 2.81 bits per heavy atom. The molecule has 0 atom stereocenters. The van der Waals surface area contributed by atoms with Gasteiger partial charge in [0.1, 0.15) is 0 Å². The number of rotatable bonds is 2. The molecule has 2 rings (SSSR count). The van der Waals surface area contributed by atoms with Gasteiger partial charge in [-0.3, -0.25) is 9.36 Å². The predicted octanol–water partition coefficient (Wildman–Crippen LogP) is 1.70. The Morgan fingerprint density at radius 2 is 2.12 bits per heavy atom. The Kier molecular flexibility index (Phi) is 3.14. The first-order chi connectivity index (χ1) is 7.63. The molecule has 1 aromatic carbocycles. The SMILES string of the molecule is O=c1c2ccc(Cl)cc2nc(Cl)n1CCO. The summed E-state index contributed by atoms with van der Waals surface area (Å²) in [6.07, 6.45) is 0. The normalized spacial score (nSPS) is 10.9.